The van der Waals surface area contributed by atoms with Crippen molar-refractivity contribution in [3.63, 3.8) is 0 Å². The fourth-order valence-corrected chi connectivity index (χ4v) is 1.88. The zero-order valence-corrected chi connectivity index (χ0v) is 8.82. The van der Waals surface area contributed by atoms with E-state index in [1.807, 2.05) is 0 Å². The van der Waals surface area contributed by atoms with E-state index in [1.165, 1.54) is 6.07 Å². The second-order valence-corrected chi connectivity index (χ2v) is 4.51. The number of benzene rings is 1. The van der Waals surface area contributed by atoms with E-state index >= 15 is 0 Å². The van der Waals surface area contributed by atoms with E-state index in [1.54, 1.807) is 0 Å². The number of sulfonamides is 1. The van der Waals surface area contributed by atoms with Gasteiger partial charge in [-0.3, -0.25) is 9.59 Å². The summed E-state index contributed by atoms with van der Waals surface area (Å²) in [5.41, 5.74) is 9.56. The Balaban J connectivity index is 3.58. The second-order valence-electron chi connectivity index (χ2n) is 2.98. The predicted octanol–water partition coefficient (Wildman–Crippen LogP) is -1.47. The number of hydrogen-bond acceptors (Lipinski definition) is 4. The molecule has 0 aromatic heterocycles. The molecule has 1 aromatic rings. The monoisotopic (exact) mass is 243 g/mol. The van der Waals surface area contributed by atoms with Crippen molar-refractivity contribution < 1.29 is 18.0 Å². The molecular weight excluding hydrogens is 234 g/mol. The Kier molecular flexibility index (Phi) is 2.97. The lowest BCUT2D eigenvalue weighted by Gasteiger charge is -2.05. The fourth-order valence-electron chi connectivity index (χ4n) is 1.11. The number of amides is 2. The van der Waals surface area contributed by atoms with Crippen LogP contribution in [0.2, 0.25) is 0 Å². The van der Waals surface area contributed by atoms with E-state index in [9.17, 15) is 18.0 Å². The quantitative estimate of drug-likeness (QED) is 0.594. The van der Waals surface area contributed by atoms with Gasteiger partial charge in [-0.1, -0.05) is 0 Å². The third-order valence-electron chi connectivity index (χ3n) is 1.84. The van der Waals surface area contributed by atoms with Crippen LogP contribution in [0.5, 0.6) is 0 Å². The lowest BCUT2D eigenvalue weighted by molar-refractivity contribution is 0.0986. The molecule has 0 aliphatic carbocycles. The summed E-state index contributed by atoms with van der Waals surface area (Å²) in [6.07, 6.45) is 0. The van der Waals surface area contributed by atoms with Crippen LogP contribution in [0.25, 0.3) is 0 Å². The minimum absolute atomic E-state index is 0.0750. The molecule has 0 bridgehead atoms. The molecule has 86 valence electrons. The first-order valence-electron chi connectivity index (χ1n) is 4.00. The summed E-state index contributed by atoms with van der Waals surface area (Å²) in [4.78, 5) is 21.2. The Bertz CT molecular complexity index is 565. The summed E-state index contributed by atoms with van der Waals surface area (Å²) in [6.45, 7) is 0. The summed E-state index contributed by atoms with van der Waals surface area (Å²) < 4.78 is 22.3. The van der Waals surface area contributed by atoms with Gasteiger partial charge in [-0.2, -0.15) is 0 Å². The maximum Gasteiger partial charge on any atom is 0.250 e. The molecular formula is C8H9N3O4S. The third kappa shape index (κ3) is 2.35. The van der Waals surface area contributed by atoms with E-state index in [2.05, 4.69) is 0 Å². The van der Waals surface area contributed by atoms with Crippen molar-refractivity contribution in [2.24, 2.45) is 16.6 Å². The summed E-state index contributed by atoms with van der Waals surface area (Å²) in [5, 5.41) is 4.88. The molecule has 0 saturated carbocycles. The SMILES string of the molecule is NC(=O)c1ccc(C(N)=O)c(S(N)(=O)=O)c1. The van der Waals surface area contributed by atoms with Crippen LogP contribution in [0.15, 0.2) is 23.1 Å². The molecule has 0 fully saturated rings. The van der Waals surface area contributed by atoms with Gasteiger partial charge in [0.25, 0.3) is 0 Å². The number of rotatable bonds is 3. The first-order valence-corrected chi connectivity index (χ1v) is 5.54. The smallest absolute Gasteiger partial charge is 0.250 e. The van der Waals surface area contributed by atoms with Crippen molar-refractivity contribution in [3.05, 3.63) is 29.3 Å². The summed E-state index contributed by atoms with van der Waals surface area (Å²) in [5.74, 6) is -1.79. The average molecular weight is 243 g/mol. The molecule has 0 unspecified atom stereocenters. The van der Waals surface area contributed by atoms with Crippen LogP contribution in [0.1, 0.15) is 20.7 Å². The van der Waals surface area contributed by atoms with Crippen LogP contribution in [-0.4, -0.2) is 20.2 Å². The highest BCUT2D eigenvalue weighted by Crippen LogP contribution is 2.15. The lowest BCUT2D eigenvalue weighted by Crippen LogP contribution is -2.22. The molecule has 0 aliphatic heterocycles. The van der Waals surface area contributed by atoms with E-state index < -0.39 is 26.7 Å². The van der Waals surface area contributed by atoms with Crippen LogP contribution < -0.4 is 16.6 Å². The minimum Gasteiger partial charge on any atom is -0.366 e. The number of hydrogen-bond donors (Lipinski definition) is 3. The van der Waals surface area contributed by atoms with Gasteiger partial charge >= 0.3 is 0 Å². The Morgan fingerprint density at radius 1 is 1.06 bits per heavy atom. The van der Waals surface area contributed by atoms with Gasteiger partial charge in [0.05, 0.1) is 10.5 Å². The lowest BCUT2D eigenvalue weighted by atomic mass is 10.1. The van der Waals surface area contributed by atoms with Gasteiger partial charge in [0.2, 0.25) is 21.8 Å². The van der Waals surface area contributed by atoms with E-state index in [4.69, 9.17) is 16.6 Å². The molecule has 1 rings (SSSR count). The van der Waals surface area contributed by atoms with Gasteiger partial charge in [-0.05, 0) is 18.2 Å². The molecule has 7 nitrogen and oxygen atoms in total. The number of carbonyl (C=O) groups excluding carboxylic acids is 2. The Hall–Kier alpha value is -1.93. The highest BCUT2D eigenvalue weighted by Gasteiger charge is 2.19. The zero-order chi connectivity index (χ0) is 12.5. The topological polar surface area (TPSA) is 146 Å². The Morgan fingerprint density at radius 2 is 1.62 bits per heavy atom. The largest absolute Gasteiger partial charge is 0.366 e. The van der Waals surface area contributed by atoms with Crippen molar-refractivity contribution in [2.75, 3.05) is 0 Å². The van der Waals surface area contributed by atoms with Gasteiger partial charge in [0.15, 0.2) is 0 Å². The average Bonchev–Trinajstić information content (AvgIpc) is 2.15. The van der Waals surface area contributed by atoms with Gasteiger partial charge in [-0.15, -0.1) is 0 Å². The zero-order valence-electron chi connectivity index (χ0n) is 8.01. The van der Waals surface area contributed by atoms with E-state index in [0.717, 1.165) is 12.1 Å². The third-order valence-corrected chi connectivity index (χ3v) is 2.79. The van der Waals surface area contributed by atoms with Gasteiger partial charge in [-0.25, -0.2) is 13.6 Å². The van der Waals surface area contributed by atoms with Crippen molar-refractivity contribution in [2.45, 2.75) is 4.90 Å². The van der Waals surface area contributed by atoms with Crippen LogP contribution >= 0.6 is 0 Å². The Morgan fingerprint density at radius 3 is 2.00 bits per heavy atom. The molecule has 2 amide bonds. The van der Waals surface area contributed by atoms with Crippen molar-refractivity contribution in [1.82, 2.24) is 0 Å². The van der Waals surface area contributed by atoms with Crippen LogP contribution in [-0.2, 0) is 10.0 Å². The van der Waals surface area contributed by atoms with Gasteiger partial charge in [0.1, 0.15) is 0 Å². The van der Waals surface area contributed by atoms with E-state index in [0.29, 0.717) is 0 Å². The first-order chi connectivity index (χ1) is 7.23. The molecule has 0 atom stereocenters. The van der Waals surface area contributed by atoms with Crippen LogP contribution in [0.3, 0.4) is 0 Å². The minimum atomic E-state index is -4.14. The molecule has 6 N–H and O–H groups in total. The first kappa shape index (κ1) is 12.1. The van der Waals surface area contributed by atoms with E-state index in [-0.39, 0.29) is 11.1 Å². The predicted molar refractivity (Wildman–Crippen MR) is 54.9 cm³/mol. The molecule has 0 spiro atoms. The standard InChI is InChI=1S/C8H9N3O4S/c9-7(12)4-1-2-5(8(10)13)6(3-4)16(11,14)15/h1-3H,(H2,9,12)(H2,10,13)(H2,11,14,15). The number of primary sulfonamides is 1. The molecule has 0 aliphatic rings. The number of primary amides is 2. The molecule has 0 radical (unpaired) electrons. The maximum absolute atomic E-state index is 11.2. The summed E-state index contributed by atoms with van der Waals surface area (Å²) in [6, 6.07) is 3.19. The fraction of sp³-hybridized carbons (Fsp3) is 0. The molecule has 0 heterocycles. The molecule has 0 saturated heterocycles. The van der Waals surface area contributed by atoms with Crippen molar-refractivity contribution >= 4 is 21.8 Å². The Labute approximate surface area is 91.3 Å². The maximum atomic E-state index is 11.2. The van der Waals surface area contributed by atoms with Crippen molar-refractivity contribution in [3.8, 4) is 0 Å². The van der Waals surface area contributed by atoms with Crippen molar-refractivity contribution in [1.29, 1.82) is 0 Å². The molecule has 1 aromatic carbocycles. The number of carbonyl (C=O) groups is 2. The van der Waals surface area contributed by atoms with Crippen LogP contribution in [0.4, 0.5) is 0 Å². The molecule has 8 heteroatoms. The summed E-state index contributed by atoms with van der Waals surface area (Å²) >= 11 is 0. The van der Waals surface area contributed by atoms with Gasteiger partial charge < -0.3 is 11.5 Å². The highest BCUT2D eigenvalue weighted by molar-refractivity contribution is 7.89. The summed E-state index contributed by atoms with van der Waals surface area (Å²) in [7, 11) is -4.14. The normalized spacial score (nSPS) is 11.1. The second kappa shape index (κ2) is 3.91. The highest BCUT2D eigenvalue weighted by atomic mass is 32.2. The van der Waals surface area contributed by atoms with Gasteiger partial charge in [0, 0.05) is 5.56 Å². The van der Waals surface area contributed by atoms with Crippen LogP contribution in [0, 0.1) is 0 Å². The number of nitrogens with two attached hydrogens (primary N) is 3. The molecule has 16 heavy (non-hydrogen) atoms.